The van der Waals surface area contributed by atoms with Gasteiger partial charge in [0, 0.05) is 5.41 Å². The minimum atomic E-state index is -0.920. The van der Waals surface area contributed by atoms with Crippen molar-refractivity contribution in [3.63, 3.8) is 0 Å². The Kier molecular flexibility index (Phi) is 7.81. The van der Waals surface area contributed by atoms with Gasteiger partial charge in [-0.1, -0.05) is 59.5 Å². The lowest BCUT2D eigenvalue weighted by molar-refractivity contribution is -0.0893. The first-order chi connectivity index (χ1) is 15.6. The van der Waals surface area contributed by atoms with Crippen LogP contribution in [0.3, 0.4) is 0 Å². The van der Waals surface area contributed by atoms with Crippen molar-refractivity contribution in [2.24, 2.45) is 0 Å². The summed E-state index contributed by atoms with van der Waals surface area (Å²) in [5.74, 6) is 0. The standard InChI is InChI=1S/C29H40B2O2/c1-7-9-11-17-29(18-12-10-8-2)25-19-21(30)13-15-23(25)24-16-14-22(20-26(24)29)31-33-28(5,6)27(3,4)32/h7-8,13-16,19-20,31-32H,1-2,9-12,17-18,30H2,3-6H3. The quantitative estimate of drug-likeness (QED) is 0.299. The zero-order valence-corrected chi connectivity index (χ0v) is 21.3. The molecule has 2 aromatic rings. The normalized spacial score (nSPS) is 14.5. The highest BCUT2D eigenvalue weighted by atomic mass is 16.5. The molecule has 4 heteroatoms. The Labute approximate surface area is 202 Å². The van der Waals surface area contributed by atoms with Crippen molar-refractivity contribution in [1.82, 2.24) is 0 Å². The van der Waals surface area contributed by atoms with Gasteiger partial charge in [0.1, 0.15) is 7.85 Å². The summed E-state index contributed by atoms with van der Waals surface area (Å²) in [7, 11) is 2.68. The third kappa shape index (κ3) is 5.23. The molecule has 1 N–H and O–H groups in total. The molecule has 0 unspecified atom stereocenters. The first-order valence-corrected chi connectivity index (χ1v) is 12.4. The van der Waals surface area contributed by atoms with Crippen LogP contribution in [0.4, 0.5) is 0 Å². The van der Waals surface area contributed by atoms with E-state index in [1.807, 2.05) is 26.0 Å². The van der Waals surface area contributed by atoms with Crippen LogP contribution in [0, 0.1) is 0 Å². The summed E-state index contributed by atoms with van der Waals surface area (Å²) in [4.78, 5) is 0. The van der Waals surface area contributed by atoms with E-state index in [1.54, 1.807) is 13.8 Å². The topological polar surface area (TPSA) is 29.5 Å². The molecular weight excluding hydrogens is 402 g/mol. The summed E-state index contributed by atoms with van der Waals surface area (Å²) in [5, 5.41) is 10.5. The maximum absolute atomic E-state index is 10.5. The summed E-state index contributed by atoms with van der Waals surface area (Å²) in [6.45, 7) is 15.4. The van der Waals surface area contributed by atoms with Gasteiger partial charge >= 0.3 is 7.48 Å². The van der Waals surface area contributed by atoms with Crippen LogP contribution in [-0.2, 0) is 10.1 Å². The maximum atomic E-state index is 10.5. The average molecular weight is 442 g/mol. The SMILES string of the molecule is Bc1ccc2c(c1)C(CCCC=C)(CCCC=C)c1cc(BOC(C)(C)C(C)(C)O)ccc1-2. The average Bonchev–Trinajstić information content (AvgIpc) is 3.01. The second-order valence-corrected chi connectivity index (χ2v) is 10.7. The first-order valence-electron chi connectivity index (χ1n) is 12.4. The van der Waals surface area contributed by atoms with E-state index in [-0.39, 0.29) is 5.41 Å². The molecule has 2 nitrogen and oxygen atoms in total. The van der Waals surface area contributed by atoms with Gasteiger partial charge in [-0.2, -0.15) is 0 Å². The number of hydrogen-bond acceptors (Lipinski definition) is 2. The largest absolute Gasteiger partial charge is 0.427 e. The molecule has 1 aliphatic rings. The first kappa shape index (κ1) is 25.6. The van der Waals surface area contributed by atoms with Crippen molar-refractivity contribution < 1.29 is 9.76 Å². The second kappa shape index (κ2) is 10.1. The fraction of sp³-hybridized carbons (Fsp3) is 0.448. The van der Waals surface area contributed by atoms with Gasteiger partial charge in [0.2, 0.25) is 0 Å². The highest BCUT2D eigenvalue weighted by Crippen LogP contribution is 2.53. The number of hydrogen-bond donors (Lipinski definition) is 1. The van der Waals surface area contributed by atoms with Crippen molar-refractivity contribution >= 4 is 26.3 Å². The summed E-state index contributed by atoms with van der Waals surface area (Å²) in [6, 6.07) is 13.8. The summed E-state index contributed by atoms with van der Waals surface area (Å²) < 4.78 is 6.22. The van der Waals surface area contributed by atoms with Gasteiger partial charge in [0.05, 0.1) is 11.2 Å². The Morgan fingerprint density at radius 1 is 0.939 bits per heavy atom. The van der Waals surface area contributed by atoms with E-state index in [0.717, 1.165) is 44.0 Å². The van der Waals surface area contributed by atoms with Gasteiger partial charge in [-0.3, -0.25) is 0 Å². The van der Waals surface area contributed by atoms with Gasteiger partial charge < -0.3 is 9.76 Å². The molecule has 0 saturated heterocycles. The molecule has 0 saturated carbocycles. The van der Waals surface area contributed by atoms with Crippen molar-refractivity contribution in [2.45, 2.75) is 82.8 Å². The highest BCUT2D eigenvalue weighted by molar-refractivity contribution is 6.47. The summed E-state index contributed by atoms with van der Waals surface area (Å²) in [5.41, 5.74) is 6.54. The van der Waals surface area contributed by atoms with E-state index >= 15 is 0 Å². The van der Waals surface area contributed by atoms with Crippen molar-refractivity contribution in [2.75, 3.05) is 0 Å². The summed E-state index contributed by atoms with van der Waals surface area (Å²) in [6.07, 6.45) is 10.6. The molecule has 0 fully saturated rings. The van der Waals surface area contributed by atoms with E-state index in [9.17, 15) is 5.11 Å². The van der Waals surface area contributed by atoms with Gasteiger partial charge in [-0.15, -0.1) is 13.2 Å². The van der Waals surface area contributed by atoms with Crippen LogP contribution in [0.15, 0.2) is 61.7 Å². The lowest BCUT2D eigenvalue weighted by atomic mass is 9.69. The third-order valence-corrected chi connectivity index (χ3v) is 7.68. The fourth-order valence-electron chi connectivity index (χ4n) is 4.95. The number of aliphatic hydroxyl groups is 1. The Morgan fingerprint density at radius 2 is 1.48 bits per heavy atom. The minimum Gasteiger partial charge on any atom is -0.427 e. The van der Waals surface area contributed by atoms with Gasteiger partial charge in [-0.05, 0) is 88.5 Å². The maximum Gasteiger partial charge on any atom is 0.309 e. The predicted molar refractivity (Wildman–Crippen MR) is 147 cm³/mol. The number of unbranched alkanes of at least 4 members (excludes halogenated alkanes) is 2. The molecule has 3 rings (SSSR count). The van der Waals surface area contributed by atoms with Gasteiger partial charge in [0.25, 0.3) is 0 Å². The Morgan fingerprint density at radius 3 is 2.03 bits per heavy atom. The molecule has 33 heavy (non-hydrogen) atoms. The van der Waals surface area contributed by atoms with Gasteiger partial charge in [0.15, 0.2) is 0 Å². The fourth-order valence-corrected chi connectivity index (χ4v) is 4.95. The molecule has 0 radical (unpaired) electrons. The second-order valence-electron chi connectivity index (χ2n) is 10.7. The lowest BCUT2D eigenvalue weighted by Gasteiger charge is -2.37. The monoisotopic (exact) mass is 442 g/mol. The molecular formula is C29H40B2O2. The van der Waals surface area contributed by atoms with Crippen molar-refractivity contribution in [1.29, 1.82) is 0 Å². The zero-order chi connectivity index (χ0) is 24.3. The molecule has 0 spiro atoms. The van der Waals surface area contributed by atoms with Crippen LogP contribution < -0.4 is 10.9 Å². The smallest absolute Gasteiger partial charge is 0.309 e. The Balaban J connectivity index is 2.05. The number of rotatable bonds is 12. The van der Waals surface area contributed by atoms with Crippen LogP contribution >= 0.6 is 0 Å². The molecule has 0 aliphatic heterocycles. The number of allylic oxidation sites excluding steroid dienone is 2. The molecule has 0 heterocycles. The van der Waals surface area contributed by atoms with Gasteiger partial charge in [-0.25, -0.2) is 0 Å². The van der Waals surface area contributed by atoms with E-state index in [1.165, 1.54) is 27.7 Å². The Hall–Kier alpha value is -2.03. The molecule has 0 bridgehead atoms. The number of fused-ring (bicyclic) bond motifs is 3. The summed E-state index contributed by atoms with van der Waals surface area (Å²) >= 11 is 0. The van der Waals surface area contributed by atoms with E-state index in [0.29, 0.717) is 7.48 Å². The Bertz CT molecular complexity index is 987. The van der Waals surface area contributed by atoms with Crippen LogP contribution in [0.25, 0.3) is 11.1 Å². The zero-order valence-electron chi connectivity index (χ0n) is 21.3. The van der Waals surface area contributed by atoms with Crippen LogP contribution in [0.2, 0.25) is 0 Å². The van der Waals surface area contributed by atoms with E-state index in [4.69, 9.17) is 4.65 Å². The minimum absolute atomic E-state index is 0.00445. The third-order valence-electron chi connectivity index (χ3n) is 7.68. The molecule has 0 atom stereocenters. The molecule has 1 aliphatic carbocycles. The van der Waals surface area contributed by atoms with Crippen LogP contribution in [0.5, 0.6) is 0 Å². The molecule has 174 valence electrons. The predicted octanol–water partition coefficient (Wildman–Crippen LogP) is 4.47. The van der Waals surface area contributed by atoms with E-state index < -0.39 is 11.2 Å². The van der Waals surface area contributed by atoms with Crippen molar-refractivity contribution in [3.05, 3.63) is 72.8 Å². The van der Waals surface area contributed by atoms with Crippen LogP contribution in [-0.4, -0.2) is 31.6 Å². The molecule has 0 aromatic heterocycles. The molecule has 0 amide bonds. The highest BCUT2D eigenvalue weighted by Gasteiger charge is 2.42. The van der Waals surface area contributed by atoms with E-state index in [2.05, 4.69) is 57.4 Å². The van der Waals surface area contributed by atoms with Crippen LogP contribution in [0.1, 0.15) is 77.3 Å². The lowest BCUT2D eigenvalue weighted by Crippen LogP contribution is -2.49. The van der Waals surface area contributed by atoms with Crippen molar-refractivity contribution in [3.8, 4) is 11.1 Å². The molecule has 2 aromatic carbocycles. The number of benzene rings is 2.